The summed E-state index contributed by atoms with van der Waals surface area (Å²) in [6, 6.07) is 8.54. The molecule has 106 valence electrons. The average Bonchev–Trinajstić information content (AvgIpc) is 2.38. The van der Waals surface area contributed by atoms with Crippen LogP contribution < -0.4 is 5.32 Å². The number of methoxy groups -OCH3 is 1. The number of benzene rings is 1. The van der Waals surface area contributed by atoms with Gasteiger partial charge in [-0.25, -0.2) is 0 Å². The molecule has 1 aromatic rings. The molecule has 0 radical (unpaired) electrons. The molecule has 1 rings (SSSR count). The Morgan fingerprint density at radius 1 is 1.37 bits per heavy atom. The third-order valence-corrected chi connectivity index (χ3v) is 2.99. The molecule has 0 aliphatic carbocycles. The number of nitrogens with one attached hydrogen (secondary N) is 1. The van der Waals surface area contributed by atoms with Gasteiger partial charge in [0.05, 0.1) is 6.61 Å². The summed E-state index contributed by atoms with van der Waals surface area (Å²) in [5.74, 6) is 0.697. The van der Waals surface area contributed by atoms with Crippen molar-refractivity contribution in [3.63, 3.8) is 0 Å². The van der Waals surface area contributed by atoms with Crippen molar-refractivity contribution in [3.05, 3.63) is 41.0 Å². The third-order valence-electron chi connectivity index (χ3n) is 2.99. The number of rotatable bonds is 8. The Morgan fingerprint density at radius 3 is 2.79 bits per heavy atom. The van der Waals surface area contributed by atoms with Gasteiger partial charge in [-0.3, -0.25) is 0 Å². The molecule has 0 bridgehead atoms. The minimum absolute atomic E-state index is 0.675. The van der Waals surface area contributed by atoms with Gasteiger partial charge < -0.3 is 10.1 Å². The van der Waals surface area contributed by atoms with Gasteiger partial charge >= 0.3 is 0 Å². The zero-order chi connectivity index (χ0) is 14.1. The Bertz CT molecular complexity index is 396. The van der Waals surface area contributed by atoms with Gasteiger partial charge in [0.1, 0.15) is 0 Å². The molecule has 0 atom stereocenters. The quantitative estimate of drug-likeness (QED) is 0.767. The van der Waals surface area contributed by atoms with E-state index in [1.54, 1.807) is 7.11 Å². The Hall–Kier alpha value is -1.12. The van der Waals surface area contributed by atoms with Gasteiger partial charge in [-0.2, -0.15) is 0 Å². The molecule has 0 aliphatic heterocycles. The minimum Gasteiger partial charge on any atom is -0.380 e. The van der Waals surface area contributed by atoms with Gasteiger partial charge in [0, 0.05) is 13.7 Å². The van der Waals surface area contributed by atoms with Crippen molar-refractivity contribution in [2.45, 2.75) is 33.8 Å². The summed E-state index contributed by atoms with van der Waals surface area (Å²) in [5, 5.41) is 3.50. The van der Waals surface area contributed by atoms with Crippen molar-refractivity contribution in [1.29, 1.82) is 0 Å². The van der Waals surface area contributed by atoms with Gasteiger partial charge in [0.15, 0.2) is 0 Å². The molecule has 0 spiro atoms. The predicted molar refractivity (Wildman–Crippen MR) is 83.1 cm³/mol. The van der Waals surface area contributed by atoms with E-state index in [1.165, 1.54) is 16.7 Å². The van der Waals surface area contributed by atoms with Crippen molar-refractivity contribution in [2.24, 2.45) is 5.92 Å². The maximum atomic E-state index is 5.17. The largest absolute Gasteiger partial charge is 0.380 e. The minimum atomic E-state index is 0.675. The fourth-order valence-corrected chi connectivity index (χ4v) is 1.97. The Labute approximate surface area is 117 Å². The molecule has 0 aromatic heterocycles. The summed E-state index contributed by atoms with van der Waals surface area (Å²) in [6.45, 7) is 9.40. The fraction of sp³-hybridized carbons (Fsp3) is 0.529. The topological polar surface area (TPSA) is 21.3 Å². The molecule has 1 aromatic carbocycles. The first kappa shape index (κ1) is 15.9. The van der Waals surface area contributed by atoms with Crippen LogP contribution in [0.15, 0.2) is 29.8 Å². The lowest BCUT2D eigenvalue weighted by Crippen LogP contribution is -2.21. The van der Waals surface area contributed by atoms with E-state index >= 15 is 0 Å². The lowest BCUT2D eigenvalue weighted by molar-refractivity contribution is 0.185. The molecular formula is C17H27NO. The molecule has 0 saturated carbocycles. The first-order valence-corrected chi connectivity index (χ1v) is 7.13. The van der Waals surface area contributed by atoms with Gasteiger partial charge in [0.25, 0.3) is 0 Å². The van der Waals surface area contributed by atoms with E-state index < -0.39 is 0 Å². The van der Waals surface area contributed by atoms with E-state index in [9.17, 15) is 0 Å². The zero-order valence-electron chi connectivity index (χ0n) is 12.7. The molecule has 0 saturated heterocycles. The summed E-state index contributed by atoms with van der Waals surface area (Å²) < 4.78 is 5.17. The first-order chi connectivity index (χ1) is 9.15. The van der Waals surface area contributed by atoms with E-state index in [0.29, 0.717) is 12.5 Å². The average molecular weight is 261 g/mol. The van der Waals surface area contributed by atoms with E-state index in [-0.39, 0.29) is 0 Å². The third kappa shape index (κ3) is 6.55. The molecule has 2 nitrogen and oxygen atoms in total. The Kier molecular flexibility index (Phi) is 7.46. The van der Waals surface area contributed by atoms with Crippen LogP contribution >= 0.6 is 0 Å². The summed E-state index contributed by atoms with van der Waals surface area (Å²) in [6.07, 6.45) is 3.37. The van der Waals surface area contributed by atoms with Crippen LogP contribution in [-0.4, -0.2) is 20.2 Å². The van der Waals surface area contributed by atoms with Crippen LogP contribution in [0.1, 0.15) is 38.3 Å². The standard InChI is InChI=1S/C17H27NO/c1-5-15(12-18-11-14(2)3)9-16-7-6-8-17(10-16)13-19-4/h6-10,14,18H,5,11-13H2,1-4H3. The van der Waals surface area contributed by atoms with Gasteiger partial charge in [-0.1, -0.05) is 50.6 Å². The highest BCUT2D eigenvalue weighted by Gasteiger charge is 1.99. The highest BCUT2D eigenvalue weighted by Crippen LogP contribution is 2.12. The van der Waals surface area contributed by atoms with E-state index in [2.05, 4.69) is 56.4 Å². The van der Waals surface area contributed by atoms with Crippen LogP contribution in [0.2, 0.25) is 0 Å². The highest BCUT2D eigenvalue weighted by atomic mass is 16.5. The maximum Gasteiger partial charge on any atom is 0.0713 e. The second-order valence-corrected chi connectivity index (χ2v) is 5.36. The number of ether oxygens (including phenoxy) is 1. The normalized spacial score (nSPS) is 12.2. The molecule has 1 N–H and O–H groups in total. The highest BCUT2D eigenvalue weighted by molar-refractivity contribution is 5.54. The van der Waals surface area contributed by atoms with Crippen molar-refractivity contribution in [1.82, 2.24) is 5.32 Å². The molecule has 0 amide bonds. The van der Waals surface area contributed by atoms with E-state index in [4.69, 9.17) is 4.74 Å². The van der Waals surface area contributed by atoms with Gasteiger partial charge in [0.2, 0.25) is 0 Å². The van der Waals surface area contributed by atoms with Gasteiger partial charge in [-0.15, -0.1) is 0 Å². The number of hydrogen-bond donors (Lipinski definition) is 1. The summed E-state index contributed by atoms with van der Waals surface area (Å²) in [7, 11) is 1.73. The van der Waals surface area contributed by atoms with Gasteiger partial charge in [-0.05, 0) is 36.1 Å². The lowest BCUT2D eigenvalue weighted by atomic mass is 10.1. The second kappa shape index (κ2) is 8.89. The molecule has 0 fully saturated rings. The molecule has 19 heavy (non-hydrogen) atoms. The smallest absolute Gasteiger partial charge is 0.0713 e. The van der Waals surface area contributed by atoms with Crippen molar-refractivity contribution < 1.29 is 4.74 Å². The fourth-order valence-electron chi connectivity index (χ4n) is 1.97. The SMILES string of the molecule is CCC(=Cc1cccc(COC)c1)CNCC(C)C. The van der Waals surface area contributed by atoms with Crippen molar-refractivity contribution in [3.8, 4) is 0 Å². The summed E-state index contributed by atoms with van der Waals surface area (Å²) in [4.78, 5) is 0. The molecular weight excluding hydrogens is 234 g/mol. The second-order valence-electron chi connectivity index (χ2n) is 5.36. The maximum absolute atomic E-state index is 5.17. The Balaban J connectivity index is 2.65. The molecule has 0 aliphatic rings. The summed E-state index contributed by atoms with van der Waals surface area (Å²) in [5.41, 5.74) is 3.93. The molecule has 0 unspecified atom stereocenters. The van der Waals surface area contributed by atoms with E-state index in [0.717, 1.165) is 19.5 Å². The van der Waals surface area contributed by atoms with Crippen molar-refractivity contribution >= 4 is 6.08 Å². The Morgan fingerprint density at radius 2 is 2.16 bits per heavy atom. The van der Waals surface area contributed by atoms with Crippen LogP contribution in [0.25, 0.3) is 6.08 Å². The molecule has 2 heteroatoms. The first-order valence-electron chi connectivity index (χ1n) is 7.13. The van der Waals surface area contributed by atoms with Crippen LogP contribution in [-0.2, 0) is 11.3 Å². The zero-order valence-corrected chi connectivity index (χ0v) is 12.7. The van der Waals surface area contributed by atoms with Crippen LogP contribution in [0.4, 0.5) is 0 Å². The monoisotopic (exact) mass is 261 g/mol. The van der Waals surface area contributed by atoms with Crippen LogP contribution in [0, 0.1) is 5.92 Å². The molecule has 0 heterocycles. The number of hydrogen-bond acceptors (Lipinski definition) is 2. The van der Waals surface area contributed by atoms with Crippen molar-refractivity contribution in [2.75, 3.05) is 20.2 Å². The predicted octanol–water partition coefficient (Wildman–Crippen LogP) is 3.87. The lowest BCUT2D eigenvalue weighted by Gasteiger charge is -2.10. The van der Waals surface area contributed by atoms with Crippen LogP contribution in [0.5, 0.6) is 0 Å². The van der Waals surface area contributed by atoms with E-state index in [1.807, 2.05) is 0 Å². The summed E-state index contributed by atoms with van der Waals surface area (Å²) >= 11 is 0. The van der Waals surface area contributed by atoms with Crippen LogP contribution in [0.3, 0.4) is 0 Å².